The molecule has 0 aliphatic carbocycles. The average molecular weight is 154 g/mol. The van der Waals surface area contributed by atoms with Crippen molar-refractivity contribution >= 4 is 16.9 Å². The van der Waals surface area contributed by atoms with Gasteiger partial charge < -0.3 is 10.5 Å². The predicted octanol–water partition coefficient (Wildman–Crippen LogP) is 0.802. The molecule has 2 heterocycles. The Morgan fingerprint density at radius 1 is 1.70 bits per heavy atom. The molecule has 0 amide bonds. The molecule has 2 aliphatic heterocycles. The van der Waals surface area contributed by atoms with Gasteiger partial charge in [0.15, 0.2) is 10.6 Å². The van der Waals surface area contributed by atoms with Crippen LogP contribution in [0.25, 0.3) is 0 Å². The molecule has 2 aliphatic rings. The molecule has 1 unspecified atom stereocenters. The second kappa shape index (κ2) is 2.05. The van der Waals surface area contributed by atoms with Crippen LogP contribution in [0, 0.1) is 0 Å². The van der Waals surface area contributed by atoms with Crippen LogP contribution in [0.2, 0.25) is 0 Å². The number of hydrogen-bond acceptors (Lipinski definition) is 4. The van der Waals surface area contributed by atoms with E-state index in [0.29, 0.717) is 5.17 Å². The van der Waals surface area contributed by atoms with E-state index < -0.39 is 0 Å². The van der Waals surface area contributed by atoms with E-state index in [2.05, 4.69) is 4.99 Å². The third-order valence-electron chi connectivity index (χ3n) is 1.26. The fourth-order valence-electron chi connectivity index (χ4n) is 0.844. The van der Waals surface area contributed by atoms with Gasteiger partial charge in [-0.3, -0.25) is 0 Å². The molecule has 2 N–H and O–H groups in total. The minimum absolute atomic E-state index is 0.00463. The fraction of sp³-hybridized carbons (Fsp3) is 0.167. The number of nitrogens with zero attached hydrogens (tertiary/aromatic N) is 1. The summed E-state index contributed by atoms with van der Waals surface area (Å²) in [6.07, 6.45) is 5.37. The Labute approximate surface area is 62.6 Å². The molecular weight excluding hydrogens is 148 g/mol. The Hall–Kier alpha value is -0.900. The molecular formula is C6H6N2OS. The highest BCUT2D eigenvalue weighted by molar-refractivity contribution is 8.14. The third kappa shape index (κ3) is 0.806. The summed E-state index contributed by atoms with van der Waals surface area (Å²) in [5, 5.41) is 0.583. The first-order chi connectivity index (χ1) is 4.86. The zero-order chi connectivity index (χ0) is 6.97. The highest BCUT2D eigenvalue weighted by Crippen LogP contribution is 2.30. The van der Waals surface area contributed by atoms with Crippen LogP contribution in [0.3, 0.4) is 0 Å². The Bertz CT molecular complexity index is 244. The molecule has 1 atom stereocenters. The summed E-state index contributed by atoms with van der Waals surface area (Å²) in [6.45, 7) is 0. The van der Waals surface area contributed by atoms with Gasteiger partial charge in [0.25, 0.3) is 0 Å². The number of hydrogen-bond donors (Lipinski definition) is 1. The summed E-state index contributed by atoms with van der Waals surface area (Å²) in [5.41, 5.74) is 6.37. The van der Waals surface area contributed by atoms with Gasteiger partial charge in [-0.05, 0) is 23.9 Å². The van der Waals surface area contributed by atoms with Crippen molar-refractivity contribution in [1.29, 1.82) is 0 Å². The van der Waals surface area contributed by atoms with Crippen molar-refractivity contribution in [3.8, 4) is 0 Å². The van der Waals surface area contributed by atoms with E-state index in [1.54, 1.807) is 6.26 Å². The molecule has 52 valence electrons. The third-order valence-corrected chi connectivity index (χ3v) is 2.16. The van der Waals surface area contributed by atoms with E-state index in [1.165, 1.54) is 11.8 Å². The first-order valence-corrected chi connectivity index (χ1v) is 3.77. The number of allylic oxidation sites excluding steroid dienone is 2. The summed E-state index contributed by atoms with van der Waals surface area (Å²) < 4.78 is 5.19. The molecule has 0 fully saturated rings. The Kier molecular flexibility index (Phi) is 1.20. The lowest BCUT2D eigenvalue weighted by Crippen LogP contribution is -2.08. The number of rotatable bonds is 0. The first kappa shape index (κ1) is 5.85. The average Bonchev–Trinajstić information content (AvgIpc) is 2.27. The molecule has 0 saturated carbocycles. The molecule has 0 aromatic carbocycles. The molecule has 0 aromatic rings. The number of thioether (sulfide) groups is 1. The lowest BCUT2D eigenvalue weighted by Gasteiger charge is -2.11. The summed E-state index contributed by atoms with van der Waals surface area (Å²) in [6, 6.07) is 0. The van der Waals surface area contributed by atoms with Gasteiger partial charge in [0.1, 0.15) is 0 Å². The van der Waals surface area contributed by atoms with Gasteiger partial charge in [-0.1, -0.05) is 0 Å². The smallest absolute Gasteiger partial charge is 0.192 e. The van der Waals surface area contributed by atoms with E-state index >= 15 is 0 Å². The van der Waals surface area contributed by atoms with Crippen molar-refractivity contribution in [3.63, 3.8) is 0 Å². The second-order valence-corrected chi connectivity index (χ2v) is 3.04. The van der Waals surface area contributed by atoms with Crippen molar-refractivity contribution in [2.45, 2.75) is 5.44 Å². The SMILES string of the molecule is NC1=NC2=CC=COC2S1. The van der Waals surface area contributed by atoms with Gasteiger partial charge in [0.05, 0.1) is 12.0 Å². The maximum atomic E-state index is 5.46. The highest BCUT2D eigenvalue weighted by atomic mass is 32.2. The van der Waals surface area contributed by atoms with Crippen LogP contribution >= 0.6 is 11.8 Å². The van der Waals surface area contributed by atoms with Crippen molar-refractivity contribution in [3.05, 3.63) is 24.1 Å². The fourth-order valence-corrected chi connectivity index (χ4v) is 1.59. The number of fused-ring (bicyclic) bond motifs is 1. The largest absolute Gasteiger partial charge is 0.480 e. The lowest BCUT2D eigenvalue weighted by atomic mass is 10.4. The first-order valence-electron chi connectivity index (χ1n) is 2.89. The van der Waals surface area contributed by atoms with Crippen molar-refractivity contribution in [2.75, 3.05) is 0 Å². The number of aliphatic imine (C=N–C) groups is 1. The van der Waals surface area contributed by atoms with Crippen LogP contribution in [0.4, 0.5) is 0 Å². The van der Waals surface area contributed by atoms with Crippen LogP contribution in [-0.2, 0) is 4.74 Å². The molecule has 0 saturated heterocycles. The monoisotopic (exact) mass is 154 g/mol. The summed E-state index contributed by atoms with van der Waals surface area (Å²) in [7, 11) is 0. The number of ether oxygens (including phenoxy) is 1. The van der Waals surface area contributed by atoms with E-state index in [1.807, 2.05) is 12.2 Å². The Morgan fingerprint density at radius 3 is 3.40 bits per heavy atom. The maximum Gasteiger partial charge on any atom is 0.192 e. The predicted molar refractivity (Wildman–Crippen MR) is 41.3 cm³/mol. The minimum Gasteiger partial charge on any atom is -0.480 e. The number of amidine groups is 1. The summed E-state index contributed by atoms with van der Waals surface area (Å²) >= 11 is 1.44. The van der Waals surface area contributed by atoms with E-state index in [0.717, 1.165) is 5.70 Å². The van der Waals surface area contributed by atoms with Gasteiger partial charge in [-0.2, -0.15) is 0 Å². The van der Waals surface area contributed by atoms with Gasteiger partial charge >= 0.3 is 0 Å². The molecule has 0 spiro atoms. The Balaban J connectivity index is 2.31. The van der Waals surface area contributed by atoms with Crippen molar-refractivity contribution < 1.29 is 4.74 Å². The lowest BCUT2D eigenvalue weighted by molar-refractivity contribution is 0.248. The van der Waals surface area contributed by atoms with Crippen LogP contribution in [-0.4, -0.2) is 10.6 Å². The van der Waals surface area contributed by atoms with Gasteiger partial charge in [0, 0.05) is 0 Å². The van der Waals surface area contributed by atoms with Crippen LogP contribution in [0.1, 0.15) is 0 Å². The maximum absolute atomic E-state index is 5.46. The van der Waals surface area contributed by atoms with E-state index in [4.69, 9.17) is 10.5 Å². The van der Waals surface area contributed by atoms with Crippen LogP contribution in [0.15, 0.2) is 29.1 Å². The van der Waals surface area contributed by atoms with E-state index in [-0.39, 0.29) is 5.44 Å². The molecule has 2 rings (SSSR count). The van der Waals surface area contributed by atoms with Gasteiger partial charge in [-0.15, -0.1) is 0 Å². The molecule has 10 heavy (non-hydrogen) atoms. The summed E-state index contributed by atoms with van der Waals surface area (Å²) in [4.78, 5) is 4.05. The molecule has 3 nitrogen and oxygen atoms in total. The van der Waals surface area contributed by atoms with Gasteiger partial charge in [-0.25, -0.2) is 4.99 Å². The topological polar surface area (TPSA) is 47.6 Å². The molecule has 0 aromatic heterocycles. The van der Waals surface area contributed by atoms with Crippen LogP contribution in [0.5, 0.6) is 0 Å². The van der Waals surface area contributed by atoms with Crippen molar-refractivity contribution in [2.24, 2.45) is 10.7 Å². The molecule has 0 radical (unpaired) electrons. The zero-order valence-corrected chi connectivity index (χ0v) is 5.97. The second-order valence-electron chi connectivity index (χ2n) is 1.96. The molecule has 4 heteroatoms. The highest BCUT2D eigenvalue weighted by Gasteiger charge is 2.24. The van der Waals surface area contributed by atoms with E-state index in [9.17, 15) is 0 Å². The quantitative estimate of drug-likeness (QED) is 0.561. The zero-order valence-electron chi connectivity index (χ0n) is 5.15. The van der Waals surface area contributed by atoms with Crippen molar-refractivity contribution in [1.82, 2.24) is 0 Å². The minimum atomic E-state index is 0.00463. The normalized spacial score (nSPS) is 28.6. The molecule has 0 bridgehead atoms. The standard InChI is InChI=1S/C6H6N2OS/c7-6-8-4-2-1-3-9-5(4)10-6/h1-3,5H,(H2,7,8). The van der Waals surface area contributed by atoms with Crippen LogP contribution < -0.4 is 5.73 Å². The summed E-state index contributed by atoms with van der Waals surface area (Å²) in [5.74, 6) is 0. The Morgan fingerprint density at radius 2 is 2.60 bits per heavy atom. The number of nitrogens with two attached hydrogens (primary N) is 1. The van der Waals surface area contributed by atoms with Gasteiger partial charge in [0.2, 0.25) is 0 Å².